The predicted molar refractivity (Wildman–Crippen MR) is 248 cm³/mol. The van der Waals surface area contributed by atoms with E-state index in [1.54, 1.807) is 13.8 Å². The highest BCUT2D eigenvalue weighted by atomic mass is 16.6. The standard InChI is InChI=1S/C52H60O20/c1-7-43(53)65-27-30(4)68-46(56)32-13-19-36(20-14-32)50(60)72-42-24-22-38(26-40(42)52(62)64-6)70-48(58)34-17-15-33(16-18-34)47(57)69-37-21-23-41(39(25-37)51(61)63-5)71-49(59)35-11-9-31(10-12-35)45(55)66-28-29(3)67-44(54)8-2/h7-8,21-26,29-36H,1-2,9-20,27-28H2,3-6H3. The largest absolute Gasteiger partial charge is 0.465 e. The van der Waals surface area contributed by atoms with E-state index in [0.717, 1.165) is 26.4 Å². The molecular formula is C52H60O20. The summed E-state index contributed by atoms with van der Waals surface area (Å²) in [6.45, 7) is 9.56. The normalized spacial score (nSPS) is 21.3. The molecule has 5 rings (SSSR count). The van der Waals surface area contributed by atoms with Crippen molar-refractivity contribution < 1.29 is 95.3 Å². The molecule has 3 aliphatic carbocycles. The van der Waals surface area contributed by atoms with Gasteiger partial charge in [0.2, 0.25) is 0 Å². The molecule has 0 saturated heterocycles. The molecule has 20 nitrogen and oxygen atoms in total. The SMILES string of the molecule is C=CC(=O)OCC(C)OC(=O)C1CCC(C(=O)Oc2ccc(OC(=O)C3CCC(C(=O)Oc4ccc(OC(=O)C5CCC(C(=O)OCC(C)OC(=O)C=C)CC5)c(C(=O)OC)c4)CC3)cc2C(=O)OC)CC1. The molecule has 0 N–H and O–H groups in total. The van der Waals surface area contributed by atoms with Gasteiger partial charge in [-0.2, -0.15) is 0 Å². The topological polar surface area (TPSA) is 263 Å². The van der Waals surface area contributed by atoms with E-state index in [0.29, 0.717) is 51.4 Å². The number of hydrogen-bond acceptors (Lipinski definition) is 20. The Labute approximate surface area is 415 Å². The maximum absolute atomic E-state index is 13.3. The Morgan fingerprint density at radius 1 is 0.458 bits per heavy atom. The Morgan fingerprint density at radius 3 is 1.17 bits per heavy atom. The molecule has 2 atom stereocenters. The van der Waals surface area contributed by atoms with Crippen molar-refractivity contribution >= 4 is 59.7 Å². The second-order valence-electron chi connectivity index (χ2n) is 17.8. The highest BCUT2D eigenvalue weighted by molar-refractivity contribution is 5.95. The number of benzene rings is 2. The lowest BCUT2D eigenvalue weighted by Crippen LogP contribution is -2.32. The second-order valence-corrected chi connectivity index (χ2v) is 17.8. The Bertz CT molecular complexity index is 2360. The van der Waals surface area contributed by atoms with Gasteiger partial charge in [-0.3, -0.25) is 28.8 Å². The van der Waals surface area contributed by atoms with Crippen molar-refractivity contribution in [1.29, 1.82) is 0 Å². The molecule has 0 bridgehead atoms. The summed E-state index contributed by atoms with van der Waals surface area (Å²) in [5.74, 6) is -9.86. The molecule has 3 saturated carbocycles. The van der Waals surface area contributed by atoms with Crippen LogP contribution in [0.3, 0.4) is 0 Å². The van der Waals surface area contributed by atoms with Gasteiger partial charge in [0.15, 0.2) is 0 Å². The van der Waals surface area contributed by atoms with Crippen molar-refractivity contribution in [3.8, 4) is 23.0 Å². The van der Waals surface area contributed by atoms with Gasteiger partial charge in [0, 0.05) is 12.2 Å². The summed E-state index contributed by atoms with van der Waals surface area (Å²) in [6, 6.07) is 7.83. The quantitative estimate of drug-likeness (QED) is 0.0607. The Morgan fingerprint density at radius 2 is 0.792 bits per heavy atom. The molecule has 0 heterocycles. The van der Waals surface area contributed by atoms with E-state index in [-0.39, 0.29) is 73.0 Å². The zero-order valence-electron chi connectivity index (χ0n) is 40.7. The number of methoxy groups -OCH3 is 2. The zero-order chi connectivity index (χ0) is 52.5. The molecule has 72 heavy (non-hydrogen) atoms. The number of esters is 10. The third-order valence-electron chi connectivity index (χ3n) is 12.6. The van der Waals surface area contributed by atoms with Gasteiger partial charge in [0.25, 0.3) is 0 Å². The lowest BCUT2D eigenvalue weighted by Gasteiger charge is -2.27. The van der Waals surface area contributed by atoms with Gasteiger partial charge in [-0.25, -0.2) is 19.2 Å². The molecule has 2 aromatic carbocycles. The smallest absolute Gasteiger partial charge is 0.341 e. The molecule has 0 spiro atoms. The predicted octanol–water partition coefficient (Wildman–Crippen LogP) is 6.32. The van der Waals surface area contributed by atoms with E-state index < -0.39 is 107 Å². The molecule has 20 heteroatoms. The van der Waals surface area contributed by atoms with Crippen molar-refractivity contribution in [2.45, 2.75) is 103 Å². The van der Waals surface area contributed by atoms with Crippen molar-refractivity contribution in [2.75, 3.05) is 27.4 Å². The first-order valence-corrected chi connectivity index (χ1v) is 23.7. The van der Waals surface area contributed by atoms with Crippen LogP contribution >= 0.6 is 0 Å². The number of carbonyl (C=O) groups is 10. The summed E-state index contributed by atoms with van der Waals surface area (Å²) in [5, 5.41) is 0. The fourth-order valence-corrected chi connectivity index (χ4v) is 8.52. The molecule has 2 aromatic rings. The summed E-state index contributed by atoms with van der Waals surface area (Å²) < 4.78 is 52.9. The summed E-state index contributed by atoms with van der Waals surface area (Å²) in [5.41, 5.74) is -0.323. The minimum Gasteiger partial charge on any atom is -0.465 e. The lowest BCUT2D eigenvalue weighted by molar-refractivity contribution is -0.161. The third-order valence-corrected chi connectivity index (χ3v) is 12.6. The van der Waals surface area contributed by atoms with Crippen LogP contribution in [0.1, 0.15) is 112 Å². The minimum atomic E-state index is -0.849. The van der Waals surface area contributed by atoms with Crippen LogP contribution in [0.2, 0.25) is 0 Å². The van der Waals surface area contributed by atoms with Crippen molar-refractivity contribution in [3.63, 3.8) is 0 Å². The molecule has 3 aliphatic rings. The number of rotatable bonds is 20. The van der Waals surface area contributed by atoms with E-state index in [9.17, 15) is 47.9 Å². The van der Waals surface area contributed by atoms with Crippen molar-refractivity contribution in [2.24, 2.45) is 35.5 Å². The molecular weight excluding hydrogens is 945 g/mol. The van der Waals surface area contributed by atoms with Gasteiger partial charge < -0.3 is 47.4 Å². The Kier molecular flexibility index (Phi) is 20.6. The average Bonchev–Trinajstić information content (AvgIpc) is 3.39. The van der Waals surface area contributed by atoms with Gasteiger partial charge in [-0.1, -0.05) is 13.2 Å². The highest BCUT2D eigenvalue weighted by Gasteiger charge is 2.36. The first-order chi connectivity index (χ1) is 34.4. The Balaban J connectivity index is 1.08. The van der Waals surface area contributed by atoms with E-state index in [2.05, 4.69) is 13.2 Å². The maximum Gasteiger partial charge on any atom is 0.341 e. The summed E-state index contributed by atoms with van der Waals surface area (Å²) in [6.07, 6.45) is 4.42. The van der Waals surface area contributed by atoms with Gasteiger partial charge >= 0.3 is 59.7 Å². The van der Waals surface area contributed by atoms with Gasteiger partial charge in [0.1, 0.15) is 59.5 Å². The van der Waals surface area contributed by atoms with Crippen LogP contribution in [0.4, 0.5) is 0 Å². The third kappa shape index (κ3) is 15.8. The fraction of sp³-hybridized carbons (Fsp3) is 0.500. The molecule has 0 aliphatic heterocycles. The highest BCUT2D eigenvalue weighted by Crippen LogP contribution is 2.36. The molecule has 388 valence electrons. The fourth-order valence-electron chi connectivity index (χ4n) is 8.52. The van der Waals surface area contributed by atoms with Crippen LogP contribution in [0.15, 0.2) is 61.7 Å². The van der Waals surface area contributed by atoms with Gasteiger partial charge in [-0.15, -0.1) is 0 Å². The first-order valence-electron chi connectivity index (χ1n) is 23.7. The summed E-state index contributed by atoms with van der Waals surface area (Å²) in [4.78, 5) is 127. The van der Waals surface area contributed by atoms with Gasteiger partial charge in [0.05, 0.1) is 49.7 Å². The first kappa shape index (κ1) is 55.5. The second kappa shape index (κ2) is 26.7. The van der Waals surface area contributed by atoms with E-state index >= 15 is 0 Å². The molecule has 0 amide bonds. The number of hydrogen-bond donors (Lipinski definition) is 0. The molecule has 2 unspecified atom stereocenters. The van der Waals surface area contributed by atoms with E-state index in [4.69, 9.17) is 47.4 Å². The average molecular weight is 1010 g/mol. The minimum absolute atomic E-state index is 0.00695. The maximum atomic E-state index is 13.3. The van der Waals surface area contributed by atoms with Crippen LogP contribution in [0, 0.1) is 35.5 Å². The van der Waals surface area contributed by atoms with Gasteiger partial charge in [-0.05, 0) is 127 Å². The number of ether oxygens (including phenoxy) is 10. The Hall–Kier alpha value is -7.38. The van der Waals surface area contributed by atoms with Crippen LogP contribution in [0.25, 0.3) is 0 Å². The van der Waals surface area contributed by atoms with Crippen molar-refractivity contribution in [3.05, 3.63) is 72.8 Å². The number of carbonyl (C=O) groups excluding carboxylic acids is 10. The summed E-state index contributed by atoms with van der Waals surface area (Å²) in [7, 11) is 2.28. The van der Waals surface area contributed by atoms with Crippen LogP contribution < -0.4 is 18.9 Å². The molecule has 3 fully saturated rings. The molecule has 0 aromatic heterocycles. The van der Waals surface area contributed by atoms with E-state index in [1.807, 2.05) is 0 Å². The van der Waals surface area contributed by atoms with Crippen molar-refractivity contribution in [1.82, 2.24) is 0 Å². The monoisotopic (exact) mass is 1000 g/mol. The zero-order valence-corrected chi connectivity index (χ0v) is 40.7. The lowest BCUT2D eigenvalue weighted by atomic mass is 9.82. The van der Waals surface area contributed by atoms with E-state index in [1.165, 1.54) is 36.4 Å². The van der Waals surface area contributed by atoms with Crippen LogP contribution in [-0.4, -0.2) is 99.3 Å². The van der Waals surface area contributed by atoms with Crippen LogP contribution in [0.5, 0.6) is 23.0 Å². The summed E-state index contributed by atoms with van der Waals surface area (Å²) >= 11 is 0. The molecule has 0 radical (unpaired) electrons. The van der Waals surface area contributed by atoms with Crippen LogP contribution in [-0.2, 0) is 66.8 Å².